The average molecular weight is 309 g/mol. The molecule has 0 saturated carbocycles. The molecule has 0 fully saturated rings. The summed E-state index contributed by atoms with van der Waals surface area (Å²) < 4.78 is 26.9. The molecule has 6 nitrogen and oxygen atoms in total. The van der Waals surface area contributed by atoms with Gasteiger partial charge in [-0.2, -0.15) is 5.10 Å². The molecular formula is C12H9ClN4O2S. The molecule has 0 saturated heterocycles. The first kappa shape index (κ1) is 12.9. The number of halogens is 1. The van der Waals surface area contributed by atoms with Gasteiger partial charge in [-0.1, -0.05) is 11.6 Å². The maximum absolute atomic E-state index is 12.2. The van der Waals surface area contributed by atoms with E-state index in [1.54, 1.807) is 24.4 Å². The Bertz CT molecular complexity index is 876. The lowest BCUT2D eigenvalue weighted by molar-refractivity contribution is 0.601. The monoisotopic (exact) mass is 308 g/mol. The molecule has 1 aromatic carbocycles. The summed E-state index contributed by atoms with van der Waals surface area (Å²) in [6, 6.07) is 6.50. The lowest BCUT2D eigenvalue weighted by Gasteiger charge is -2.08. The Balaban J connectivity index is 1.99. The van der Waals surface area contributed by atoms with Gasteiger partial charge in [0.05, 0.1) is 22.4 Å². The number of anilines is 1. The van der Waals surface area contributed by atoms with Gasteiger partial charge in [0.25, 0.3) is 10.0 Å². The van der Waals surface area contributed by atoms with E-state index in [1.807, 2.05) is 0 Å². The van der Waals surface area contributed by atoms with Gasteiger partial charge in [0.2, 0.25) is 0 Å². The van der Waals surface area contributed by atoms with E-state index in [1.165, 1.54) is 18.5 Å². The number of hydrogen-bond acceptors (Lipinski definition) is 4. The summed E-state index contributed by atoms with van der Waals surface area (Å²) in [5.41, 5.74) is 1.16. The van der Waals surface area contributed by atoms with Crippen molar-refractivity contribution in [3.05, 3.63) is 47.9 Å². The number of nitrogens with one attached hydrogen (secondary N) is 2. The molecule has 3 rings (SSSR count). The summed E-state index contributed by atoms with van der Waals surface area (Å²) in [7, 11) is -3.77. The van der Waals surface area contributed by atoms with Gasteiger partial charge >= 0.3 is 0 Å². The minimum atomic E-state index is -3.77. The van der Waals surface area contributed by atoms with E-state index >= 15 is 0 Å². The van der Waals surface area contributed by atoms with Crippen molar-refractivity contribution in [2.24, 2.45) is 0 Å². The highest BCUT2D eigenvalue weighted by molar-refractivity contribution is 7.92. The number of rotatable bonds is 3. The molecule has 0 radical (unpaired) electrons. The molecule has 0 atom stereocenters. The van der Waals surface area contributed by atoms with Gasteiger partial charge in [0, 0.05) is 17.8 Å². The summed E-state index contributed by atoms with van der Waals surface area (Å²) in [6.07, 6.45) is 4.29. The average Bonchev–Trinajstić information content (AvgIpc) is 2.86. The van der Waals surface area contributed by atoms with Crippen LogP contribution in [0.15, 0.2) is 47.8 Å². The Labute approximate surface area is 119 Å². The van der Waals surface area contributed by atoms with E-state index in [0.29, 0.717) is 5.69 Å². The van der Waals surface area contributed by atoms with Crippen LogP contribution in [0, 0.1) is 0 Å². The molecule has 2 aromatic heterocycles. The molecule has 0 aliphatic heterocycles. The quantitative estimate of drug-likeness (QED) is 0.777. The van der Waals surface area contributed by atoms with Crippen molar-refractivity contribution in [3.8, 4) is 0 Å². The number of pyridine rings is 1. The fraction of sp³-hybridized carbons (Fsp3) is 0. The molecule has 0 unspecified atom stereocenters. The highest BCUT2D eigenvalue weighted by Gasteiger charge is 2.18. The molecule has 2 heterocycles. The molecule has 0 amide bonds. The number of sulfonamides is 1. The first-order valence-electron chi connectivity index (χ1n) is 5.62. The number of aromatic nitrogens is 3. The second-order valence-corrected chi connectivity index (χ2v) is 6.14. The van der Waals surface area contributed by atoms with Crippen molar-refractivity contribution in [1.29, 1.82) is 0 Å². The third-order valence-corrected chi connectivity index (χ3v) is 4.57. The zero-order valence-electron chi connectivity index (χ0n) is 10.0. The minimum absolute atomic E-state index is 0.0635. The molecule has 102 valence electrons. The predicted octanol–water partition coefficient (Wildman–Crippen LogP) is 2.41. The van der Waals surface area contributed by atoms with Crippen LogP contribution < -0.4 is 4.72 Å². The molecular weight excluding hydrogens is 300 g/mol. The molecule has 0 spiro atoms. The topological polar surface area (TPSA) is 87.7 Å². The van der Waals surface area contributed by atoms with E-state index in [2.05, 4.69) is 19.9 Å². The van der Waals surface area contributed by atoms with E-state index in [-0.39, 0.29) is 9.92 Å². The van der Waals surface area contributed by atoms with Crippen LogP contribution in [0.2, 0.25) is 5.02 Å². The molecule has 0 bridgehead atoms. The van der Waals surface area contributed by atoms with Crippen LogP contribution in [-0.4, -0.2) is 23.6 Å². The molecule has 3 aromatic rings. The smallest absolute Gasteiger partial charge is 0.264 e. The van der Waals surface area contributed by atoms with E-state index < -0.39 is 10.0 Å². The van der Waals surface area contributed by atoms with Gasteiger partial charge in [-0.15, -0.1) is 0 Å². The number of aromatic amines is 1. The molecule has 0 aliphatic rings. The maximum Gasteiger partial charge on any atom is 0.264 e. The van der Waals surface area contributed by atoms with Crippen LogP contribution >= 0.6 is 11.6 Å². The number of H-pyrrole nitrogens is 1. The summed E-state index contributed by atoms with van der Waals surface area (Å²) >= 11 is 5.88. The maximum atomic E-state index is 12.2. The Kier molecular flexibility index (Phi) is 3.07. The second-order valence-electron chi connectivity index (χ2n) is 4.08. The van der Waals surface area contributed by atoms with E-state index in [0.717, 1.165) is 10.9 Å². The highest BCUT2D eigenvalue weighted by Crippen LogP contribution is 2.23. The second kappa shape index (κ2) is 4.77. The summed E-state index contributed by atoms with van der Waals surface area (Å²) in [5, 5.41) is 7.67. The van der Waals surface area contributed by atoms with Gasteiger partial charge < -0.3 is 0 Å². The van der Waals surface area contributed by atoms with Crippen LogP contribution in [-0.2, 0) is 10.0 Å². The number of benzene rings is 1. The van der Waals surface area contributed by atoms with Crippen molar-refractivity contribution in [3.63, 3.8) is 0 Å². The van der Waals surface area contributed by atoms with Gasteiger partial charge in [-0.25, -0.2) is 8.42 Å². The third-order valence-electron chi connectivity index (χ3n) is 2.72. The van der Waals surface area contributed by atoms with Crippen molar-refractivity contribution < 1.29 is 8.42 Å². The molecule has 2 N–H and O–H groups in total. The summed E-state index contributed by atoms with van der Waals surface area (Å²) in [4.78, 5) is 3.71. The fourth-order valence-electron chi connectivity index (χ4n) is 1.77. The number of nitrogens with zero attached hydrogens (tertiary/aromatic N) is 2. The Morgan fingerprint density at radius 1 is 1.20 bits per heavy atom. The standard InChI is InChI=1S/C12H9ClN4O2S/c13-10-3-4-14-7-12(10)20(18,19)17-9-2-1-8-6-15-16-11(8)5-9/h1-7,17H,(H,15,16). The first-order valence-corrected chi connectivity index (χ1v) is 7.48. The number of hydrogen-bond donors (Lipinski definition) is 2. The minimum Gasteiger partial charge on any atom is -0.279 e. The highest BCUT2D eigenvalue weighted by atomic mass is 35.5. The predicted molar refractivity (Wildman–Crippen MR) is 76.1 cm³/mol. The molecule has 0 aliphatic carbocycles. The van der Waals surface area contributed by atoms with Gasteiger partial charge in [-0.3, -0.25) is 14.8 Å². The van der Waals surface area contributed by atoms with Crippen LogP contribution in [0.5, 0.6) is 0 Å². The van der Waals surface area contributed by atoms with E-state index in [4.69, 9.17) is 11.6 Å². The van der Waals surface area contributed by atoms with Gasteiger partial charge in [-0.05, 0) is 24.3 Å². The van der Waals surface area contributed by atoms with Crippen molar-refractivity contribution >= 4 is 38.2 Å². The van der Waals surface area contributed by atoms with Crippen LogP contribution in [0.25, 0.3) is 10.9 Å². The van der Waals surface area contributed by atoms with Crippen LogP contribution in [0.3, 0.4) is 0 Å². The first-order chi connectivity index (χ1) is 9.56. The zero-order valence-corrected chi connectivity index (χ0v) is 11.6. The molecule has 20 heavy (non-hydrogen) atoms. The lowest BCUT2D eigenvalue weighted by atomic mass is 10.2. The fourth-order valence-corrected chi connectivity index (χ4v) is 3.25. The Morgan fingerprint density at radius 2 is 2.05 bits per heavy atom. The van der Waals surface area contributed by atoms with Crippen molar-refractivity contribution in [2.75, 3.05) is 4.72 Å². The lowest BCUT2D eigenvalue weighted by Crippen LogP contribution is -2.13. The third kappa shape index (κ3) is 2.33. The van der Waals surface area contributed by atoms with Gasteiger partial charge in [0.15, 0.2) is 0 Å². The Hall–Kier alpha value is -2.12. The van der Waals surface area contributed by atoms with Gasteiger partial charge in [0.1, 0.15) is 4.90 Å². The largest absolute Gasteiger partial charge is 0.279 e. The Morgan fingerprint density at radius 3 is 2.85 bits per heavy atom. The zero-order chi connectivity index (χ0) is 14.2. The number of fused-ring (bicyclic) bond motifs is 1. The normalized spacial score (nSPS) is 11.7. The van der Waals surface area contributed by atoms with Crippen molar-refractivity contribution in [1.82, 2.24) is 15.2 Å². The SMILES string of the molecule is O=S(=O)(Nc1ccc2cn[nH]c2c1)c1cnccc1Cl. The summed E-state index contributed by atoms with van der Waals surface area (Å²) in [6.45, 7) is 0. The van der Waals surface area contributed by atoms with Crippen molar-refractivity contribution in [2.45, 2.75) is 4.90 Å². The summed E-state index contributed by atoms with van der Waals surface area (Å²) in [5.74, 6) is 0. The van der Waals surface area contributed by atoms with Crippen LogP contribution in [0.1, 0.15) is 0 Å². The van der Waals surface area contributed by atoms with E-state index in [9.17, 15) is 8.42 Å². The molecule has 8 heteroatoms. The van der Waals surface area contributed by atoms with Crippen LogP contribution in [0.4, 0.5) is 5.69 Å².